The van der Waals surface area contributed by atoms with Crippen molar-refractivity contribution in [3.8, 4) is 11.5 Å². The first kappa shape index (κ1) is 20.7. The minimum absolute atomic E-state index is 0.369. The molecule has 3 aromatic carbocycles. The topological polar surface area (TPSA) is 30.5 Å². The molecule has 6 heteroatoms. The van der Waals surface area contributed by atoms with E-state index < -0.39 is 0 Å². The number of anilines is 1. The summed E-state index contributed by atoms with van der Waals surface area (Å²) >= 11 is 18.6. The summed E-state index contributed by atoms with van der Waals surface area (Å²) in [6, 6.07) is 18.9. The highest BCUT2D eigenvalue weighted by atomic mass is 35.5. The summed E-state index contributed by atoms with van der Waals surface area (Å²) < 4.78 is 11.7. The third-order valence-electron chi connectivity index (χ3n) is 4.02. The van der Waals surface area contributed by atoms with Crippen molar-refractivity contribution in [2.24, 2.45) is 0 Å². The Morgan fingerprint density at radius 3 is 2.29 bits per heavy atom. The molecule has 0 aliphatic carbocycles. The smallest absolute Gasteiger partial charge is 0.180 e. The van der Waals surface area contributed by atoms with Crippen molar-refractivity contribution < 1.29 is 9.47 Å². The summed E-state index contributed by atoms with van der Waals surface area (Å²) in [5, 5.41) is 5.16. The average molecular weight is 437 g/mol. The molecule has 0 saturated carbocycles. The van der Waals surface area contributed by atoms with Crippen LogP contribution in [0.1, 0.15) is 18.1 Å². The fourth-order valence-corrected chi connectivity index (χ4v) is 3.28. The van der Waals surface area contributed by atoms with E-state index in [0.717, 1.165) is 16.8 Å². The minimum atomic E-state index is 0.369. The van der Waals surface area contributed by atoms with Crippen LogP contribution in [-0.2, 0) is 13.2 Å². The van der Waals surface area contributed by atoms with Gasteiger partial charge in [-0.2, -0.15) is 0 Å². The molecule has 1 N–H and O–H groups in total. The number of benzene rings is 3. The quantitative estimate of drug-likeness (QED) is 0.404. The summed E-state index contributed by atoms with van der Waals surface area (Å²) in [5.74, 6) is 1.14. The van der Waals surface area contributed by atoms with Gasteiger partial charge in [-0.1, -0.05) is 59.1 Å². The Hall–Kier alpha value is -2.07. The molecule has 28 heavy (non-hydrogen) atoms. The number of hydrogen-bond donors (Lipinski definition) is 1. The van der Waals surface area contributed by atoms with Crippen LogP contribution in [0.25, 0.3) is 0 Å². The Kier molecular flexibility index (Phi) is 7.32. The zero-order valence-corrected chi connectivity index (χ0v) is 17.6. The van der Waals surface area contributed by atoms with Crippen LogP contribution in [0.4, 0.5) is 5.69 Å². The zero-order valence-electron chi connectivity index (χ0n) is 15.3. The van der Waals surface area contributed by atoms with E-state index in [1.54, 1.807) is 0 Å². The molecule has 0 aromatic heterocycles. The number of rotatable bonds is 8. The Balaban J connectivity index is 1.75. The second kappa shape index (κ2) is 9.92. The first-order valence-corrected chi connectivity index (χ1v) is 10.0. The first-order chi connectivity index (χ1) is 13.6. The van der Waals surface area contributed by atoms with Crippen LogP contribution in [0.5, 0.6) is 11.5 Å². The molecule has 3 nitrogen and oxygen atoms in total. The first-order valence-electron chi connectivity index (χ1n) is 8.87. The lowest BCUT2D eigenvalue weighted by molar-refractivity contribution is 0.269. The SMILES string of the molecule is CCOc1cc(CNc2ccccc2Cl)cc(Cl)c1OCc1ccc(Cl)cc1. The van der Waals surface area contributed by atoms with E-state index in [1.165, 1.54) is 0 Å². The molecule has 0 heterocycles. The Morgan fingerprint density at radius 2 is 1.57 bits per heavy atom. The standard InChI is InChI=1S/C22H20Cl3NO2/c1-2-27-21-12-16(13-26-20-6-4-3-5-18(20)24)11-19(25)22(21)28-14-15-7-9-17(23)10-8-15/h3-12,26H,2,13-14H2,1H3. The lowest BCUT2D eigenvalue weighted by Crippen LogP contribution is -2.04. The summed E-state index contributed by atoms with van der Waals surface area (Å²) in [4.78, 5) is 0. The molecular weight excluding hydrogens is 417 g/mol. The van der Waals surface area contributed by atoms with Crippen molar-refractivity contribution >= 4 is 40.5 Å². The molecule has 3 rings (SSSR count). The van der Waals surface area contributed by atoms with Crippen molar-refractivity contribution in [1.82, 2.24) is 0 Å². The van der Waals surface area contributed by atoms with Crippen LogP contribution in [0.15, 0.2) is 60.7 Å². The van der Waals surface area contributed by atoms with Crippen molar-refractivity contribution in [2.75, 3.05) is 11.9 Å². The number of para-hydroxylation sites is 1. The van der Waals surface area contributed by atoms with Gasteiger partial charge in [0.25, 0.3) is 0 Å². The minimum Gasteiger partial charge on any atom is -0.490 e. The summed E-state index contributed by atoms with van der Waals surface area (Å²) in [6.07, 6.45) is 0. The van der Waals surface area contributed by atoms with Crippen molar-refractivity contribution in [2.45, 2.75) is 20.1 Å². The highest BCUT2D eigenvalue weighted by Crippen LogP contribution is 2.37. The maximum atomic E-state index is 6.49. The van der Waals surface area contributed by atoms with Gasteiger partial charge < -0.3 is 14.8 Å². The van der Waals surface area contributed by atoms with Crippen LogP contribution in [0, 0.1) is 0 Å². The molecule has 0 saturated heterocycles. The summed E-state index contributed by atoms with van der Waals surface area (Å²) in [6.45, 7) is 3.36. The third kappa shape index (κ3) is 5.48. The van der Waals surface area contributed by atoms with E-state index in [0.29, 0.717) is 46.3 Å². The van der Waals surface area contributed by atoms with Gasteiger partial charge in [0.15, 0.2) is 11.5 Å². The van der Waals surface area contributed by atoms with Crippen molar-refractivity contribution in [3.63, 3.8) is 0 Å². The molecule has 0 aliphatic rings. The molecule has 0 unspecified atom stereocenters. The predicted molar refractivity (Wildman–Crippen MR) is 117 cm³/mol. The van der Waals surface area contributed by atoms with Gasteiger partial charge in [0.2, 0.25) is 0 Å². The average Bonchev–Trinajstić information content (AvgIpc) is 2.68. The van der Waals surface area contributed by atoms with E-state index in [9.17, 15) is 0 Å². The molecule has 0 atom stereocenters. The second-order valence-electron chi connectivity index (χ2n) is 6.09. The van der Waals surface area contributed by atoms with Gasteiger partial charge in [-0.15, -0.1) is 0 Å². The van der Waals surface area contributed by atoms with Gasteiger partial charge in [-0.3, -0.25) is 0 Å². The molecular formula is C22H20Cl3NO2. The van der Waals surface area contributed by atoms with Gasteiger partial charge in [0.1, 0.15) is 6.61 Å². The lowest BCUT2D eigenvalue weighted by Gasteiger charge is -2.16. The zero-order chi connectivity index (χ0) is 19.9. The van der Waals surface area contributed by atoms with E-state index in [-0.39, 0.29) is 0 Å². The number of halogens is 3. The molecule has 0 bridgehead atoms. The van der Waals surface area contributed by atoms with Gasteiger partial charge in [-0.25, -0.2) is 0 Å². The molecule has 0 aliphatic heterocycles. The third-order valence-corrected chi connectivity index (χ3v) is 4.88. The van der Waals surface area contributed by atoms with Crippen LogP contribution >= 0.6 is 34.8 Å². The lowest BCUT2D eigenvalue weighted by atomic mass is 10.2. The van der Waals surface area contributed by atoms with Crippen LogP contribution in [0.2, 0.25) is 15.1 Å². The van der Waals surface area contributed by atoms with E-state index in [4.69, 9.17) is 44.3 Å². The second-order valence-corrected chi connectivity index (χ2v) is 7.34. The van der Waals surface area contributed by atoms with Crippen molar-refractivity contribution in [3.05, 3.63) is 86.9 Å². The number of hydrogen-bond acceptors (Lipinski definition) is 3. The summed E-state index contributed by atoms with van der Waals surface area (Å²) in [5.41, 5.74) is 2.82. The van der Waals surface area contributed by atoms with Gasteiger partial charge >= 0.3 is 0 Å². The van der Waals surface area contributed by atoms with E-state index in [2.05, 4.69) is 5.32 Å². The molecule has 146 valence electrons. The molecule has 3 aromatic rings. The Bertz CT molecular complexity index is 930. The molecule has 0 spiro atoms. The monoisotopic (exact) mass is 435 g/mol. The van der Waals surface area contributed by atoms with Gasteiger partial charge in [-0.05, 0) is 54.4 Å². The van der Waals surface area contributed by atoms with Crippen LogP contribution in [0.3, 0.4) is 0 Å². The highest BCUT2D eigenvalue weighted by molar-refractivity contribution is 6.33. The van der Waals surface area contributed by atoms with Gasteiger partial charge in [0.05, 0.1) is 22.3 Å². The van der Waals surface area contributed by atoms with Crippen molar-refractivity contribution in [1.29, 1.82) is 0 Å². The maximum Gasteiger partial charge on any atom is 0.180 e. The Labute approximate surface area is 180 Å². The fourth-order valence-electron chi connectivity index (χ4n) is 2.66. The van der Waals surface area contributed by atoms with Crippen LogP contribution in [-0.4, -0.2) is 6.61 Å². The summed E-state index contributed by atoms with van der Waals surface area (Å²) in [7, 11) is 0. The van der Waals surface area contributed by atoms with E-state index >= 15 is 0 Å². The molecule has 0 amide bonds. The predicted octanol–water partition coefficient (Wildman–Crippen LogP) is 7.24. The largest absolute Gasteiger partial charge is 0.490 e. The normalized spacial score (nSPS) is 10.6. The fraction of sp³-hybridized carbons (Fsp3) is 0.182. The molecule has 0 fully saturated rings. The molecule has 0 radical (unpaired) electrons. The Morgan fingerprint density at radius 1 is 0.821 bits per heavy atom. The maximum absolute atomic E-state index is 6.49. The van der Waals surface area contributed by atoms with Crippen LogP contribution < -0.4 is 14.8 Å². The van der Waals surface area contributed by atoms with Gasteiger partial charge in [0, 0.05) is 11.6 Å². The van der Waals surface area contributed by atoms with E-state index in [1.807, 2.05) is 67.6 Å². The highest BCUT2D eigenvalue weighted by Gasteiger charge is 2.13. The number of nitrogens with one attached hydrogen (secondary N) is 1. The number of ether oxygens (including phenoxy) is 2.